The SMILES string of the molecule is CN(C)C(=O)c1ccc(N2CCN(C3C=C(c4nc5c(c(=O)[nH]4)CC4(CC5)CC4)CC3)CC2)cc1. The molecule has 1 N–H and O–H groups in total. The highest BCUT2D eigenvalue weighted by atomic mass is 16.2. The van der Waals surface area contributed by atoms with E-state index in [2.05, 4.69) is 33.0 Å². The van der Waals surface area contributed by atoms with Gasteiger partial charge in [-0.25, -0.2) is 4.98 Å². The van der Waals surface area contributed by atoms with E-state index in [-0.39, 0.29) is 11.5 Å². The standard InChI is InChI=1S/C28H35N5O2/c1-31(2)27(35)19-3-6-21(7-4-19)32-13-15-33(16-14-32)22-8-5-20(17-22)25-29-24-9-10-28(11-12-28)18-23(24)26(34)30-25/h3-4,6-7,17,22H,5,8-16,18H2,1-2H3,(H,29,30,34). The van der Waals surface area contributed by atoms with E-state index in [9.17, 15) is 9.59 Å². The van der Waals surface area contributed by atoms with Crippen molar-refractivity contribution >= 4 is 17.2 Å². The van der Waals surface area contributed by atoms with Crippen LogP contribution in [0.15, 0.2) is 35.1 Å². The number of aryl methyl sites for hydroxylation is 1. The number of anilines is 1. The number of carbonyl (C=O) groups is 1. The first-order chi connectivity index (χ1) is 16.9. The van der Waals surface area contributed by atoms with Crippen LogP contribution in [-0.4, -0.2) is 72.0 Å². The molecule has 1 aliphatic heterocycles. The van der Waals surface area contributed by atoms with Gasteiger partial charge in [0.05, 0.1) is 5.69 Å². The molecule has 7 heteroatoms. The van der Waals surface area contributed by atoms with E-state index in [0.717, 1.165) is 74.5 Å². The average molecular weight is 474 g/mol. The fourth-order valence-electron chi connectivity index (χ4n) is 6.11. The minimum atomic E-state index is 0.0341. The van der Waals surface area contributed by atoms with E-state index < -0.39 is 0 Å². The number of piperazine rings is 1. The van der Waals surface area contributed by atoms with Gasteiger partial charge >= 0.3 is 0 Å². The predicted octanol–water partition coefficient (Wildman–Crippen LogP) is 3.11. The molecule has 1 spiro atoms. The second-order valence-corrected chi connectivity index (χ2v) is 11.1. The highest BCUT2D eigenvalue weighted by Gasteiger charge is 2.45. The molecular formula is C28H35N5O2. The van der Waals surface area contributed by atoms with Crippen LogP contribution in [0.4, 0.5) is 5.69 Å². The monoisotopic (exact) mass is 473 g/mol. The number of benzene rings is 1. The number of aromatic amines is 1. The number of rotatable bonds is 4. The van der Waals surface area contributed by atoms with E-state index >= 15 is 0 Å². The summed E-state index contributed by atoms with van der Waals surface area (Å²) in [5, 5.41) is 0. The lowest BCUT2D eigenvalue weighted by atomic mass is 9.84. The van der Waals surface area contributed by atoms with Gasteiger partial charge in [0.25, 0.3) is 11.5 Å². The summed E-state index contributed by atoms with van der Waals surface area (Å²) in [6.45, 7) is 3.94. The van der Waals surface area contributed by atoms with Crippen molar-refractivity contribution < 1.29 is 4.79 Å². The summed E-state index contributed by atoms with van der Waals surface area (Å²) in [5.41, 5.74) is 5.60. The molecule has 1 unspecified atom stereocenters. The molecule has 1 aromatic heterocycles. The van der Waals surface area contributed by atoms with Crippen molar-refractivity contribution in [2.45, 2.75) is 51.0 Å². The molecule has 3 aliphatic carbocycles. The quantitative estimate of drug-likeness (QED) is 0.739. The van der Waals surface area contributed by atoms with Gasteiger partial charge in [0.15, 0.2) is 0 Å². The number of aromatic nitrogens is 2. The molecule has 0 radical (unpaired) electrons. The summed E-state index contributed by atoms with van der Waals surface area (Å²) in [6, 6.07) is 8.37. The summed E-state index contributed by atoms with van der Waals surface area (Å²) in [6.07, 6.45) is 10.0. The molecule has 184 valence electrons. The summed E-state index contributed by atoms with van der Waals surface area (Å²) in [5.74, 6) is 0.834. The summed E-state index contributed by atoms with van der Waals surface area (Å²) >= 11 is 0. The van der Waals surface area contributed by atoms with Crippen LogP contribution in [0.3, 0.4) is 0 Å². The number of fused-ring (bicyclic) bond motifs is 1. The largest absolute Gasteiger partial charge is 0.369 e. The number of nitrogens with zero attached hydrogens (tertiary/aromatic N) is 4. The highest BCUT2D eigenvalue weighted by molar-refractivity contribution is 5.94. The van der Waals surface area contributed by atoms with Gasteiger partial charge in [-0.3, -0.25) is 14.5 Å². The number of allylic oxidation sites excluding steroid dienone is 1. The molecule has 35 heavy (non-hydrogen) atoms. The zero-order chi connectivity index (χ0) is 24.2. The Labute approximate surface area is 206 Å². The number of nitrogens with one attached hydrogen (secondary N) is 1. The van der Waals surface area contributed by atoms with Crippen LogP contribution in [-0.2, 0) is 12.8 Å². The third-order valence-corrected chi connectivity index (χ3v) is 8.58. The lowest BCUT2D eigenvalue weighted by molar-refractivity contribution is 0.0827. The van der Waals surface area contributed by atoms with Gasteiger partial charge in [-0.05, 0) is 80.2 Å². The Morgan fingerprint density at radius 2 is 1.80 bits per heavy atom. The van der Waals surface area contributed by atoms with Gasteiger partial charge in [-0.2, -0.15) is 0 Å². The van der Waals surface area contributed by atoms with E-state index in [4.69, 9.17) is 4.98 Å². The molecule has 2 fully saturated rings. The zero-order valence-electron chi connectivity index (χ0n) is 20.8. The Kier molecular flexibility index (Phi) is 5.55. The molecule has 1 aromatic carbocycles. The van der Waals surface area contributed by atoms with Crippen molar-refractivity contribution in [3.05, 3.63) is 63.3 Å². The Hall–Kier alpha value is -2.93. The minimum absolute atomic E-state index is 0.0341. The molecule has 1 saturated carbocycles. The van der Waals surface area contributed by atoms with Crippen LogP contribution >= 0.6 is 0 Å². The summed E-state index contributed by atoms with van der Waals surface area (Å²) < 4.78 is 0. The van der Waals surface area contributed by atoms with Crippen molar-refractivity contribution in [3.63, 3.8) is 0 Å². The number of H-pyrrole nitrogens is 1. The zero-order valence-corrected chi connectivity index (χ0v) is 20.8. The molecular weight excluding hydrogens is 438 g/mol. The van der Waals surface area contributed by atoms with Crippen LogP contribution in [0.25, 0.3) is 5.57 Å². The number of amides is 1. The molecule has 1 saturated heterocycles. The van der Waals surface area contributed by atoms with Crippen molar-refractivity contribution in [1.29, 1.82) is 0 Å². The summed E-state index contributed by atoms with van der Waals surface area (Å²) in [4.78, 5) is 39.6. The van der Waals surface area contributed by atoms with Crippen LogP contribution in [0.2, 0.25) is 0 Å². The third kappa shape index (κ3) is 4.31. The molecule has 6 rings (SSSR count). The molecule has 0 bridgehead atoms. The van der Waals surface area contributed by atoms with Crippen molar-refractivity contribution in [2.75, 3.05) is 45.2 Å². The molecule has 1 amide bonds. The predicted molar refractivity (Wildman–Crippen MR) is 138 cm³/mol. The molecule has 4 aliphatic rings. The Balaban J connectivity index is 1.09. The van der Waals surface area contributed by atoms with Crippen molar-refractivity contribution in [3.8, 4) is 0 Å². The van der Waals surface area contributed by atoms with Gasteiger partial charge < -0.3 is 14.8 Å². The lowest BCUT2D eigenvalue weighted by Gasteiger charge is -2.38. The van der Waals surface area contributed by atoms with Gasteiger partial charge in [-0.15, -0.1) is 0 Å². The van der Waals surface area contributed by atoms with Crippen LogP contribution in [0.1, 0.15) is 59.5 Å². The first-order valence-corrected chi connectivity index (χ1v) is 13.0. The number of hydrogen-bond acceptors (Lipinski definition) is 5. The van der Waals surface area contributed by atoms with Gasteiger partial charge in [0, 0.05) is 63.1 Å². The van der Waals surface area contributed by atoms with E-state index in [1.807, 2.05) is 12.1 Å². The first-order valence-electron chi connectivity index (χ1n) is 13.0. The van der Waals surface area contributed by atoms with Crippen molar-refractivity contribution in [2.24, 2.45) is 5.41 Å². The molecule has 2 heterocycles. The Morgan fingerprint density at radius 1 is 1.06 bits per heavy atom. The van der Waals surface area contributed by atoms with E-state index in [1.165, 1.54) is 30.5 Å². The average Bonchev–Trinajstić information content (AvgIpc) is 3.43. The Morgan fingerprint density at radius 3 is 2.49 bits per heavy atom. The fraction of sp³-hybridized carbons (Fsp3) is 0.536. The maximum Gasteiger partial charge on any atom is 0.254 e. The number of hydrogen-bond donors (Lipinski definition) is 1. The summed E-state index contributed by atoms with van der Waals surface area (Å²) in [7, 11) is 3.56. The smallest absolute Gasteiger partial charge is 0.254 e. The maximum absolute atomic E-state index is 12.8. The van der Waals surface area contributed by atoms with Gasteiger partial charge in [0.1, 0.15) is 5.82 Å². The lowest BCUT2D eigenvalue weighted by Crippen LogP contribution is -2.49. The van der Waals surface area contributed by atoms with E-state index in [1.54, 1.807) is 19.0 Å². The number of carbonyl (C=O) groups excluding carboxylic acids is 1. The van der Waals surface area contributed by atoms with Crippen LogP contribution < -0.4 is 10.5 Å². The van der Waals surface area contributed by atoms with Crippen molar-refractivity contribution in [1.82, 2.24) is 19.8 Å². The maximum atomic E-state index is 12.8. The van der Waals surface area contributed by atoms with Gasteiger partial charge in [-0.1, -0.05) is 6.08 Å². The third-order valence-electron chi connectivity index (χ3n) is 8.58. The second kappa shape index (κ2) is 8.63. The van der Waals surface area contributed by atoms with Gasteiger partial charge in [0.2, 0.25) is 0 Å². The Bertz CT molecular complexity index is 1220. The van der Waals surface area contributed by atoms with Crippen LogP contribution in [0, 0.1) is 5.41 Å². The van der Waals surface area contributed by atoms with E-state index in [0.29, 0.717) is 11.5 Å². The highest BCUT2D eigenvalue weighted by Crippen LogP contribution is 2.53. The first kappa shape index (κ1) is 22.5. The molecule has 2 aromatic rings. The molecule has 7 nitrogen and oxygen atoms in total. The molecule has 1 atom stereocenters. The minimum Gasteiger partial charge on any atom is -0.369 e. The fourth-order valence-corrected chi connectivity index (χ4v) is 6.11. The topological polar surface area (TPSA) is 72.5 Å². The van der Waals surface area contributed by atoms with Crippen LogP contribution in [0.5, 0.6) is 0 Å². The normalized spacial score (nSPS) is 23.2. The second-order valence-electron chi connectivity index (χ2n) is 11.1.